The van der Waals surface area contributed by atoms with Gasteiger partial charge in [0.05, 0.1) is 18.8 Å². The van der Waals surface area contributed by atoms with E-state index in [1.165, 1.54) is 0 Å². The van der Waals surface area contributed by atoms with Crippen LogP contribution in [-0.2, 0) is 19.2 Å². The number of rotatable bonds is 5. The molecule has 0 fully saturated rings. The summed E-state index contributed by atoms with van der Waals surface area (Å²) in [6.07, 6.45) is -2.29. The zero-order valence-corrected chi connectivity index (χ0v) is 14.6. The topological polar surface area (TPSA) is 172 Å². The second-order valence-electron chi connectivity index (χ2n) is 3.26. The fourth-order valence-electron chi connectivity index (χ4n) is 0.714. The molecule has 0 unspecified atom stereocenters. The van der Waals surface area contributed by atoms with E-state index in [2.05, 4.69) is 0 Å². The van der Waals surface area contributed by atoms with E-state index in [9.17, 15) is 24.3 Å². The zero-order valence-electron chi connectivity index (χ0n) is 10.4. The average molecular weight is 377 g/mol. The van der Waals surface area contributed by atoms with Gasteiger partial charge in [-0.1, -0.05) is 34.8 Å². The number of carbonyl (C=O) groups excluding carboxylic acids is 1. The van der Waals surface area contributed by atoms with Crippen LogP contribution in [0.15, 0.2) is 0 Å². The molecule has 0 saturated carbocycles. The molecule has 0 bridgehead atoms. The molecule has 0 atom stereocenters. The summed E-state index contributed by atoms with van der Waals surface area (Å²) >= 11 is 14.2. The number of hydrogen-bond donors (Lipinski definition) is 4. The summed E-state index contributed by atoms with van der Waals surface area (Å²) < 4.78 is -2.28. The van der Waals surface area contributed by atoms with Crippen LogP contribution < -0.4 is 34.7 Å². The van der Waals surface area contributed by atoms with Crippen molar-refractivity contribution in [2.75, 3.05) is 0 Å². The molecule has 0 amide bonds. The Balaban J connectivity index is -0.000000347. The van der Waals surface area contributed by atoms with Gasteiger partial charge < -0.3 is 30.3 Å². The van der Waals surface area contributed by atoms with Gasteiger partial charge in [0.1, 0.15) is 0 Å². The predicted molar refractivity (Wildman–Crippen MR) is 62.4 cm³/mol. The van der Waals surface area contributed by atoms with Gasteiger partial charge in [-0.15, -0.1) is 0 Å². The maximum Gasteiger partial charge on any atom is 1.00 e. The van der Waals surface area contributed by atoms with Crippen molar-refractivity contribution in [2.45, 2.75) is 22.2 Å². The molecule has 13 heteroatoms. The second kappa shape index (κ2) is 10.4. The van der Waals surface area contributed by atoms with Crippen LogP contribution in [0.4, 0.5) is 0 Å². The average Bonchev–Trinajstić information content (AvgIpc) is 2.13. The molecule has 0 aromatic heterocycles. The number of alkyl halides is 3. The van der Waals surface area contributed by atoms with Crippen LogP contribution in [0.5, 0.6) is 0 Å². The molecule has 0 aliphatic heterocycles. The maximum atomic E-state index is 10.3. The normalized spacial score (nSPS) is 10.5. The number of aliphatic carboxylic acids is 4. The van der Waals surface area contributed by atoms with Gasteiger partial charge in [-0.3, -0.25) is 9.59 Å². The van der Waals surface area contributed by atoms with E-state index in [4.69, 9.17) is 55.2 Å². The minimum absolute atomic E-state index is 0. The quantitative estimate of drug-likeness (QED) is 0.274. The van der Waals surface area contributed by atoms with E-state index in [1.54, 1.807) is 0 Å². The Hall–Kier alpha value is -0.290. The number of aliphatic hydroxyl groups is 1. The van der Waals surface area contributed by atoms with Crippen molar-refractivity contribution in [1.82, 2.24) is 0 Å². The molecule has 116 valence electrons. The first kappa shape index (κ1) is 25.7. The van der Waals surface area contributed by atoms with Crippen LogP contribution in [0.3, 0.4) is 0 Å². The van der Waals surface area contributed by atoms with Crippen molar-refractivity contribution >= 4 is 58.7 Å². The van der Waals surface area contributed by atoms with Crippen LogP contribution in [0.1, 0.15) is 12.8 Å². The summed E-state index contributed by atoms with van der Waals surface area (Å²) in [6.45, 7) is 0. The monoisotopic (exact) mass is 376 g/mol. The Labute approximate surface area is 154 Å². The van der Waals surface area contributed by atoms with E-state index in [1.807, 2.05) is 0 Å². The van der Waals surface area contributed by atoms with Gasteiger partial charge in [0.15, 0.2) is 5.60 Å². The Morgan fingerprint density at radius 3 is 1.24 bits per heavy atom. The van der Waals surface area contributed by atoms with Crippen molar-refractivity contribution in [3.05, 3.63) is 0 Å². The number of halogens is 3. The first-order chi connectivity index (χ1) is 8.72. The molecule has 0 aliphatic rings. The molecule has 0 saturated heterocycles. The summed E-state index contributed by atoms with van der Waals surface area (Å²) in [4.78, 5) is 40.0. The van der Waals surface area contributed by atoms with Gasteiger partial charge in [0.25, 0.3) is 0 Å². The fourth-order valence-corrected chi connectivity index (χ4v) is 0.714. The first-order valence-corrected chi connectivity index (χ1v) is 5.53. The molecule has 0 heterocycles. The Kier molecular flexibility index (Phi) is 12.8. The number of carboxylic acids is 4. The zero-order chi connectivity index (χ0) is 16.7. The summed E-state index contributed by atoms with van der Waals surface area (Å²) in [5, 5.41) is 43.3. The van der Waals surface area contributed by atoms with Gasteiger partial charge in [0, 0.05) is 0 Å². The number of carboxylic acid groups (broad SMARTS) is 4. The second-order valence-corrected chi connectivity index (χ2v) is 5.54. The van der Waals surface area contributed by atoms with Gasteiger partial charge in [-0.25, -0.2) is 4.79 Å². The molecule has 4 N–H and O–H groups in total. The molecule has 0 aliphatic carbocycles. The minimum Gasteiger partial charge on any atom is -0.545 e. The molecule has 0 aromatic rings. The van der Waals surface area contributed by atoms with E-state index < -0.39 is 46.1 Å². The van der Waals surface area contributed by atoms with Gasteiger partial charge >= 0.3 is 47.5 Å². The number of carbonyl (C=O) groups is 4. The van der Waals surface area contributed by atoms with E-state index in [0.717, 1.165) is 0 Å². The third-order valence-corrected chi connectivity index (χ3v) is 1.98. The summed E-state index contributed by atoms with van der Waals surface area (Å²) in [6, 6.07) is 0. The molecular weight excluding hydrogens is 369 g/mol. The standard InChI is InChI=1S/C6H8O7.C2HCl3O2.Na/c7-3(8)1-6(13,5(11)12)2-4(9)10;3-2(4,5)1(6)7;/h13H,1-2H2,(H,7,8)(H,9,10)(H,11,12);(H,6,7);/q;;+1/p-1. The molecule has 0 rings (SSSR count). The third-order valence-electron chi connectivity index (χ3n) is 1.52. The van der Waals surface area contributed by atoms with Crippen LogP contribution in [0.25, 0.3) is 0 Å². The summed E-state index contributed by atoms with van der Waals surface area (Å²) in [5.74, 6) is -6.73. The molecule has 21 heavy (non-hydrogen) atoms. The van der Waals surface area contributed by atoms with E-state index >= 15 is 0 Å². The van der Waals surface area contributed by atoms with Crippen LogP contribution >= 0.6 is 34.8 Å². The molecule has 0 radical (unpaired) electrons. The SMILES string of the molecule is O=C(O)CC(O)(CC(=O)O)C(=O)O.O=C([O-])C(Cl)(Cl)Cl.[Na+]. The molecule has 9 nitrogen and oxygen atoms in total. The van der Waals surface area contributed by atoms with Crippen LogP contribution in [-0.4, -0.2) is 53.7 Å². The van der Waals surface area contributed by atoms with Gasteiger partial charge in [0.2, 0.25) is 3.79 Å². The van der Waals surface area contributed by atoms with Gasteiger partial charge in [-0.05, 0) is 0 Å². The Bertz CT molecular complexity index is 390. The van der Waals surface area contributed by atoms with Crippen LogP contribution in [0.2, 0.25) is 0 Å². The number of hydrogen-bond acceptors (Lipinski definition) is 6. The maximum absolute atomic E-state index is 10.3. The molecular formula is C8H8Cl3NaO9. The molecule has 0 aromatic carbocycles. The van der Waals surface area contributed by atoms with E-state index in [0.29, 0.717) is 0 Å². The van der Waals surface area contributed by atoms with Crippen molar-refractivity contribution in [3.8, 4) is 0 Å². The largest absolute Gasteiger partial charge is 1.00 e. The predicted octanol–water partition coefficient (Wildman–Crippen LogP) is -4.14. The minimum atomic E-state index is -2.74. The molecule has 0 spiro atoms. The van der Waals surface area contributed by atoms with Crippen molar-refractivity contribution in [2.24, 2.45) is 0 Å². The van der Waals surface area contributed by atoms with Crippen molar-refractivity contribution in [1.29, 1.82) is 0 Å². The van der Waals surface area contributed by atoms with Crippen LogP contribution in [0, 0.1) is 0 Å². The van der Waals surface area contributed by atoms with Gasteiger partial charge in [-0.2, -0.15) is 0 Å². The summed E-state index contributed by atoms with van der Waals surface area (Å²) in [5.41, 5.74) is -2.74. The van der Waals surface area contributed by atoms with Crippen molar-refractivity contribution < 1.29 is 74.3 Å². The first-order valence-electron chi connectivity index (χ1n) is 4.40. The Morgan fingerprint density at radius 1 is 0.905 bits per heavy atom. The van der Waals surface area contributed by atoms with E-state index in [-0.39, 0.29) is 29.6 Å². The fraction of sp³-hybridized carbons (Fsp3) is 0.500. The Morgan fingerprint density at radius 2 is 1.14 bits per heavy atom. The summed E-state index contributed by atoms with van der Waals surface area (Å²) in [7, 11) is 0. The smallest absolute Gasteiger partial charge is 0.545 e. The van der Waals surface area contributed by atoms with Crippen molar-refractivity contribution in [3.63, 3.8) is 0 Å². The third kappa shape index (κ3) is 13.1.